The van der Waals surface area contributed by atoms with Crippen LogP contribution in [0.5, 0.6) is 0 Å². The summed E-state index contributed by atoms with van der Waals surface area (Å²) in [6, 6.07) is 5.14. The molecule has 0 bridgehead atoms. The number of aliphatic hydroxyl groups is 1. The Morgan fingerprint density at radius 1 is 1.29 bits per heavy atom. The van der Waals surface area contributed by atoms with Gasteiger partial charge in [-0.05, 0) is 43.7 Å². The van der Waals surface area contributed by atoms with Crippen molar-refractivity contribution in [3.63, 3.8) is 0 Å². The number of hydrogen-bond acceptors (Lipinski definition) is 4. The summed E-state index contributed by atoms with van der Waals surface area (Å²) in [6.07, 6.45) is 4.40. The van der Waals surface area contributed by atoms with Gasteiger partial charge in [0.2, 0.25) is 0 Å². The summed E-state index contributed by atoms with van der Waals surface area (Å²) in [4.78, 5) is 4.29. The molecule has 1 atom stereocenters. The lowest BCUT2D eigenvalue weighted by Crippen LogP contribution is -2.46. The highest BCUT2D eigenvalue weighted by atomic mass is 32.2. The molecule has 2 N–H and O–H groups in total. The van der Waals surface area contributed by atoms with Crippen LogP contribution in [-0.2, 0) is 10.2 Å². The molecule has 116 valence electrons. The molecule has 1 aliphatic heterocycles. The predicted octanol–water partition coefficient (Wildman–Crippen LogP) is 0.824. The van der Waals surface area contributed by atoms with Gasteiger partial charge in [-0.25, -0.2) is 0 Å². The van der Waals surface area contributed by atoms with Crippen molar-refractivity contribution < 1.29 is 13.5 Å². The van der Waals surface area contributed by atoms with Crippen LogP contribution in [0.1, 0.15) is 37.4 Å². The van der Waals surface area contributed by atoms with Crippen LogP contribution in [0.2, 0.25) is 0 Å². The van der Waals surface area contributed by atoms with E-state index in [1.807, 2.05) is 18.2 Å². The van der Waals surface area contributed by atoms with Crippen LogP contribution in [0.25, 0.3) is 0 Å². The van der Waals surface area contributed by atoms with Crippen LogP contribution in [0.15, 0.2) is 24.4 Å². The molecule has 0 aromatic carbocycles. The third kappa shape index (κ3) is 3.26. The van der Waals surface area contributed by atoms with Crippen LogP contribution < -0.4 is 4.72 Å². The summed E-state index contributed by atoms with van der Waals surface area (Å²) in [6.45, 7) is 1.16. The van der Waals surface area contributed by atoms with E-state index in [0.29, 0.717) is 25.9 Å². The summed E-state index contributed by atoms with van der Waals surface area (Å²) in [5, 5.41) is 9.52. The van der Waals surface area contributed by atoms with Crippen molar-refractivity contribution >= 4 is 10.2 Å². The second kappa shape index (κ2) is 6.00. The quantitative estimate of drug-likeness (QED) is 0.843. The minimum atomic E-state index is -3.48. The standard InChI is InChI=1S/C14H21N3O3S/c18-12-9-11(10-12)14(13-5-1-2-6-15-13)16-21(19,20)17-7-3-4-8-17/h1-2,5-6,11-12,14,16,18H,3-4,7-10H2. The first-order valence-electron chi connectivity index (χ1n) is 7.42. The second-order valence-corrected chi connectivity index (χ2v) is 7.55. The van der Waals surface area contributed by atoms with Crippen molar-refractivity contribution in [3.8, 4) is 0 Å². The summed E-state index contributed by atoms with van der Waals surface area (Å²) < 4.78 is 29.2. The molecule has 2 aliphatic rings. The Morgan fingerprint density at radius 3 is 2.57 bits per heavy atom. The molecular weight excluding hydrogens is 290 g/mol. The monoisotopic (exact) mass is 311 g/mol. The first-order chi connectivity index (χ1) is 10.1. The van der Waals surface area contributed by atoms with Crippen LogP contribution >= 0.6 is 0 Å². The Balaban J connectivity index is 1.79. The van der Waals surface area contributed by atoms with Crippen molar-refractivity contribution in [2.75, 3.05) is 13.1 Å². The number of rotatable bonds is 5. The van der Waals surface area contributed by atoms with E-state index in [0.717, 1.165) is 18.5 Å². The lowest BCUT2D eigenvalue weighted by molar-refractivity contribution is 0.0271. The smallest absolute Gasteiger partial charge is 0.280 e. The van der Waals surface area contributed by atoms with Gasteiger partial charge >= 0.3 is 0 Å². The highest BCUT2D eigenvalue weighted by Gasteiger charge is 2.39. The topological polar surface area (TPSA) is 82.5 Å². The minimum Gasteiger partial charge on any atom is -0.393 e. The zero-order chi connectivity index (χ0) is 14.9. The summed E-state index contributed by atoms with van der Waals surface area (Å²) >= 11 is 0. The first kappa shape index (κ1) is 14.9. The lowest BCUT2D eigenvalue weighted by Gasteiger charge is -2.38. The molecule has 1 aromatic rings. The summed E-state index contributed by atoms with van der Waals surface area (Å²) in [5.74, 6) is 0.104. The zero-order valence-electron chi connectivity index (χ0n) is 11.9. The third-order valence-corrected chi connectivity index (χ3v) is 5.91. The lowest BCUT2D eigenvalue weighted by atomic mass is 9.76. The fourth-order valence-corrected chi connectivity index (χ4v) is 4.55. The van der Waals surface area contributed by atoms with Crippen LogP contribution in [0, 0.1) is 5.92 Å². The maximum atomic E-state index is 12.5. The Hall–Kier alpha value is -1.02. The third-order valence-electron chi connectivity index (χ3n) is 4.31. The van der Waals surface area contributed by atoms with Gasteiger partial charge < -0.3 is 5.11 Å². The molecule has 6 nitrogen and oxygen atoms in total. The van der Waals surface area contributed by atoms with Gasteiger partial charge in [0.25, 0.3) is 10.2 Å². The molecule has 0 amide bonds. The van der Waals surface area contributed by atoms with Gasteiger partial charge in [-0.3, -0.25) is 4.98 Å². The second-order valence-electron chi connectivity index (χ2n) is 5.85. The van der Waals surface area contributed by atoms with E-state index >= 15 is 0 Å². The Kier molecular flexibility index (Phi) is 4.26. The highest BCUT2D eigenvalue weighted by Crippen LogP contribution is 2.38. The first-order valence-corrected chi connectivity index (χ1v) is 8.86. The molecule has 2 fully saturated rings. The molecular formula is C14H21N3O3S. The number of nitrogens with one attached hydrogen (secondary N) is 1. The number of pyridine rings is 1. The molecule has 21 heavy (non-hydrogen) atoms. The van der Waals surface area contributed by atoms with E-state index in [4.69, 9.17) is 0 Å². The van der Waals surface area contributed by atoms with E-state index in [1.165, 1.54) is 4.31 Å². The molecule has 7 heteroatoms. The van der Waals surface area contributed by atoms with Crippen molar-refractivity contribution in [1.29, 1.82) is 0 Å². The van der Waals surface area contributed by atoms with E-state index in [-0.39, 0.29) is 18.1 Å². The normalized spacial score (nSPS) is 28.2. The van der Waals surface area contributed by atoms with Gasteiger partial charge in [-0.2, -0.15) is 17.4 Å². The van der Waals surface area contributed by atoms with Crippen LogP contribution in [0.4, 0.5) is 0 Å². The SMILES string of the molecule is O=S(=O)(NC(c1ccccn1)C1CC(O)C1)N1CCCC1. The average molecular weight is 311 g/mol. The van der Waals surface area contributed by atoms with Gasteiger partial charge in [0, 0.05) is 19.3 Å². The average Bonchev–Trinajstić information content (AvgIpc) is 2.98. The Bertz CT molecular complexity index is 566. The van der Waals surface area contributed by atoms with Gasteiger partial charge in [-0.15, -0.1) is 0 Å². The zero-order valence-corrected chi connectivity index (χ0v) is 12.7. The van der Waals surface area contributed by atoms with Crippen LogP contribution in [-0.4, -0.2) is 42.0 Å². The number of aromatic nitrogens is 1. The summed E-state index contributed by atoms with van der Waals surface area (Å²) in [5.41, 5.74) is 0.720. The Morgan fingerprint density at radius 2 is 2.00 bits per heavy atom. The molecule has 0 radical (unpaired) electrons. The van der Waals surface area contributed by atoms with E-state index in [1.54, 1.807) is 6.20 Å². The fraction of sp³-hybridized carbons (Fsp3) is 0.643. The molecule has 2 heterocycles. The molecule has 1 unspecified atom stereocenters. The van der Waals surface area contributed by atoms with Crippen molar-refractivity contribution in [3.05, 3.63) is 30.1 Å². The number of hydrogen-bond donors (Lipinski definition) is 2. The summed E-state index contributed by atoms with van der Waals surface area (Å²) in [7, 11) is -3.48. The maximum absolute atomic E-state index is 12.5. The maximum Gasteiger partial charge on any atom is 0.280 e. The van der Waals surface area contributed by atoms with Gasteiger partial charge in [-0.1, -0.05) is 6.07 Å². The van der Waals surface area contributed by atoms with E-state index < -0.39 is 10.2 Å². The van der Waals surface area contributed by atoms with E-state index in [9.17, 15) is 13.5 Å². The van der Waals surface area contributed by atoms with Gasteiger partial charge in [0.05, 0.1) is 17.8 Å². The highest BCUT2D eigenvalue weighted by molar-refractivity contribution is 7.87. The largest absolute Gasteiger partial charge is 0.393 e. The van der Waals surface area contributed by atoms with Gasteiger partial charge in [0.1, 0.15) is 0 Å². The predicted molar refractivity (Wildman–Crippen MR) is 78.6 cm³/mol. The molecule has 1 aromatic heterocycles. The van der Waals surface area contributed by atoms with Crippen molar-refractivity contribution in [2.45, 2.75) is 37.8 Å². The number of nitrogens with zero attached hydrogens (tertiary/aromatic N) is 2. The van der Waals surface area contributed by atoms with Crippen molar-refractivity contribution in [2.24, 2.45) is 5.92 Å². The molecule has 1 aliphatic carbocycles. The fourth-order valence-electron chi connectivity index (χ4n) is 3.02. The number of aliphatic hydroxyl groups excluding tert-OH is 1. The van der Waals surface area contributed by atoms with Crippen molar-refractivity contribution in [1.82, 2.24) is 14.0 Å². The van der Waals surface area contributed by atoms with Crippen LogP contribution in [0.3, 0.4) is 0 Å². The Labute approximate surface area is 125 Å². The molecule has 3 rings (SSSR count). The van der Waals surface area contributed by atoms with E-state index in [2.05, 4.69) is 9.71 Å². The molecule has 0 spiro atoms. The molecule has 1 saturated carbocycles. The molecule has 1 saturated heterocycles. The minimum absolute atomic E-state index is 0.104. The van der Waals surface area contributed by atoms with Gasteiger partial charge in [0.15, 0.2) is 0 Å².